The van der Waals surface area contributed by atoms with Gasteiger partial charge in [0.1, 0.15) is 0 Å². The van der Waals surface area contributed by atoms with Gasteiger partial charge in [0, 0.05) is 30.2 Å². The maximum absolute atomic E-state index is 12.8. The zero-order valence-corrected chi connectivity index (χ0v) is 18.7. The van der Waals surface area contributed by atoms with Crippen LogP contribution in [0.15, 0.2) is 46.0 Å². The Hall–Kier alpha value is -3.13. The van der Waals surface area contributed by atoms with E-state index in [1.54, 1.807) is 6.08 Å². The van der Waals surface area contributed by atoms with Crippen LogP contribution in [0, 0.1) is 26.2 Å². The lowest BCUT2D eigenvalue weighted by Gasteiger charge is -2.20. The van der Waals surface area contributed by atoms with Crippen LogP contribution in [0.5, 0.6) is 0 Å². The number of carbonyl (C=O) groups is 1. The summed E-state index contributed by atoms with van der Waals surface area (Å²) in [6, 6.07) is 10.4. The molecule has 0 saturated carbocycles. The second kappa shape index (κ2) is 7.53. The minimum Gasteiger partial charge on any atom is -0.349 e. The fourth-order valence-corrected chi connectivity index (χ4v) is 5.22. The van der Waals surface area contributed by atoms with E-state index in [4.69, 9.17) is 5.41 Å². The number of nitrogens with one attached hydrogen (secondary N) is 1. The highest BCUT2D eigenvalue weighted by Gasteiger charge is 2.37. The molecule has 1 amide bonds. The Bertz CT molecular complexity index is 1200. The summed E-state index contributed by atoms with van der Waals surface area (Å²) in [6.45, 7) is 8.07. The van der Waals surface area contributed by atoms with E-state index in [-0.39, 0.29) is 17.3 Å². The summed E-state index contributed by atoms with van der Waals surface area (Å²) in [5, 5.41) is 16.0. The number of amides is 1. The first kappa shape index (κ1) is 19.8. The summed E-state index contributed by atoms with van der Waals surface area (Å²) in [6.07, 6.45) is 4.06. The number of hydrazone groups is 1. The number of fused-ring (bicyclic) bond motifs is 1. The number of thioether (sulfide) groups is 1. The van der Waals surface area contributed by atoms with Gasteiger partial charge in [-0.05, 0) is 80.8 Å². The summed E-state index contributed by atoms with van der Waals surface area (Å²) >= 11 is 1.37. The van der Waals surface area contributed by atoms with Gasteiger partial charge in [-0.15, -0.1) is 5.10 Å². The van der Waals surface area contributed by atoms with E-state index in [1.165, 1.54) is 22.3 Å². The van der Waals surface area contributed by atoms with Gasteiger partial charge in [0.25, 0.3) is 5.91 Å². The fraction of sp³-hybridized carbons (Fsp3) is 0.304. The number of rotatable bonds is 2. The minimum absolute atomic E-state index is 0.0806. The number of amidine groups is 3. The van der Waals surface area contributed by atoms with Crippen LogP contribution in [0.3, 0.4) is 0 Å². The largest absolute Gasteiger partial charge is 0.349 e. The average Bonchev–Trinajstić information content (AvgIpc) is 3.45. The Kier molecular flexibility index (Phi) is 4.81. The van der Waals surface area contributed by atoms with Crippen LogP contribution in [0.1, 0.15) is 35.4 Å². The van der Waals surface area contributed by atoms with Gasteiger partial charge in [-0.3, -0.25) is 10.2 Å². The molecule has 3 aliphatic heterocycles. The number of aliphatic imine (C=N–C) groups is 1. The molecule has 4 heterocycles. The van der Waals surface area contributed by atoms with Gasteiger partial charge in [-0.2, -0.15) is 10.0 Å². The first-order valence-corrected chi connectivity index (χ1v) is 11.2. The molecule has 1 N–H and O–H groups in total. The van der Waals surface area contributed by atoms with Crippen molar-refractivity contribution >= 4 is 39.9 Å². The molecular weight excluding hydrogens is 408 g/mol. The van der Waals surface area contributed by atoms with Crippen LogP contribution in [-0.2, 0) is 4.79 Å². The number of aryl methyl sites for hydroxylation is 2. The molecule has 1 aromatic heterocycles. The molecule has 158 valence electrons. The van der Waals surface area contributed by atoms with E-state index >= 15 is 0 Å². The number of nitrogens with zero attached hydrogens (tertiary/aromatic N) is 5. The zero-order valence-electron chi connectivity index (χ0n) is 17.8. The normalized spacial score (nSPS) is 19.9. The van der Waals surface area contributed by atoms with E-state index in [2.05, 4.69) is 44.7 Å². The Morgan fingerprint density at radius 1 is 1.10 bits per heavy atom. The van der Waals surface area contributed by atoms with E-state index in [0.717, 1.165) is 53.7 Å². The fourth-order valence-electron chi connectivity index (χ4n) is 4.27. The van der Waals surface area contributed by atoms with Crippen molar-refractivity contribution in [3.05, 3.63) is 58.4 Å². The lowest BCUT2D eigenvalue weighted by molar-refractivity contribution is -0.114. The maximum atomic E-state index is 12.8. The molecule has 1 aromatic carbocycles. The van der Waals surface area contributed by atoms with E-state index in [9.17, 15) is 4.79 Å². The van der Waals surface area contributed by atoms with Crippen LogP contribution in [-0.4, -0.2) is 49.6 Å². The Morgan fingerprint density at radius 2 is 1.87 bits per heavy atom. The van der Waals surface area contributed by atoms with E-state index < -0.39 is 0 Å². The lowest BCUT2D eigenvalue weighted by atomic mass is 10.1. The number of likely N-dealkylation sites (tertiary alicyclic amines) is 1. The molecule has 0 aliphatic carbocycles. The van der Waals surface area contributed by atoms with Gasteiger partial charge in [-0.1, -0.05) is 12.1 Å². The number of benzene rings is 1. The zero-order chi connectivity index (χ0) is 21.7. The van der Waals surface area contributed by atoms with Gasteiger partial charge in [0.2, 0.25) is 5.17 Å². The lowest BCUT2D eigenvalue weighted by Crippen LogP contribution is -2.35. The molecule has 0 bridgehead atoms. The quantitative estimate of drug-likeness (QED) is 0.726. The Morgan fingerprint density at radius 3 is 2.61 bits per heavy atom. The predicted molar refractivity (Wildman–Crippen MR) is 126 cm³/mol. The van der Waals surface area contributed by atoms with Crippen LogP contribution in [0.4, 0.5) is 0 Å². The summed E-state index contributed by atoms with van der Waals surface area (Å²) in [5.41, 5.74) is 5.53. The summed E-state index contributed by atoms with van der Waals surface area (Å²) in [5.74, 6) is -0.306. The first-order valence-electron chi connectivity index (χ1n) is 10.4. The smallest absolute Gasteiger partial charge is 0.283 e. The van der Waals surface area contributed by atoms with Crippen LogP contribution < -0.4 is 0 Å². The van der Waals surface area contributed by atoms with E-state index in [0.29, 0.717) is 5.17 Å². The minimum atomic E-state index is -0.387. The van der Waals surface area contributed by atoms with Gasteiger partial charge in [0.15, 0.2) is 11.0 Å². The van der Waals surface area contributed by atoms with Crippen molar-refractivity contribution in [1.29, 1.82) is 5.41 Å². The third-order valence-electron chi connectivity index (χ3n) is 5.85. The molecule has 1 saturated heterocycles. The average molecular weight is 433 g/mol. The SMILES string of the molecule is Cc1cccc(-n2c(C)cc(/C=C3/C(=N)N4N=C(N5CCCC5)SC4=NC3=O)c2C)c1. The molecule has 31 heavy (non-hydrogen) atoms. The third kappa shape index (κ3) is 3.40. The Balaban J connectivity index is 1.50. The molecule has 1 fully saturated rings. The second-order valence-corrected chi connectivity index (χ2v) is 9.03. The van der Waals surface area contributed by atoms with Crippen LogP contribution in [0.25, 0.3) is 11.8 Å². The molecule has 0 atom stereocenters. The molecule has 0 spiro atoms. The number of carbonyl (C=O) groups excluding carboxylic acids is 1. The van der Waals surface area contributed by atoms with Crippen molar-refractivity contribution in [3.8, 4) is 5.69 Å². The number of hydrogen-bond acceptors (Lipinski definition) is 5. The summed E-state index contributed by atoms with van der Waals surface area (Å²) < 4.78 is 2.17. The molecule has 2 aromatic rings. The van der Waals surface area contributed by atoms with Crippen LogP contribution >= 0.6 is 11.8 Å². The van der Waals surface area contributed by atoms with E-state index in [1.807, 2.05) is 26.0 Å². The Labute approximate surface area is 185 Å². The first-order chi connectivity index (χ1) is 14.9. The highest BCUT2D eigenvalue weighted by molar-refractivity contribution is 8.26. The van der Waals surface area contributed by atoms with Crippen molar-refractivity contribution in [1.82, 2.24) is 14.5 Å². The predicted octanol–water partition coefficient (Wildman–Crippen LogP) is 4.08. The second-order valence-electron chi connectivity index (χ2n) is 8.10. The van der Waals surface area contributed by atoms with Gasteiger partial charge in [0.05, 0.1) is 5.57 Å². The maximum Gasteiger partial charge on any atom is 0.283 e. The highest BCUT2D eigenvalue weighted by Crippen LogP contribution is 2.31. The summed E-state index contributed by atoms with van der Waals surface area (Å²) in [7, 11) is 0. The molecule has 8 heteroatoms. The summed E-state index contributed by atoms with van der Waals surface area (Å²) in [4.78, 5) is 19.2. The molecule has 7 nitrogen and oxygen atoms in total. The van der Waals surface area contributed by atoms with Crippen molar-refractivity contribution in [2.45, 2.75) is 33.6 Å². The topological polar surface area (TPSA) is 77.1 Å². The van der Waals surface area contributed by atoms with Gasteiger partial charge >= 0.3 is 0 Å². The highest BCUT2D eigenvalue weighted by atomic mass is 32.2. The van der Waals surface area contributed by atoms with Crippen molar-refractivity contribution in [2.75, 3.05) is 13.1 Å². The number of aromatic nitrogens is 1. The number of hydrogen-bond donors (Lipinski definition) is 1. The molecule has 0 unspecified atom stereocenters. The molecule has 0 radical (unpaired) electrons. The molecule has 5 rings (SSSR count). The van der Waals surface area contributed by atoms with Crippen LogP contribution in [0.2, 0.25) is 0 Å². The van der Waals surface area contributed by atoms with Crippen molar-refractivity contribution in [2.24, 2.45) is 10.1 Å². The molecular formula is C23H24N6OS. The van der Waals surface area contributed by atoms with Gasteiger partial charge in [-0.25, -0.2) is 0 Å². The monoisotopic (exact) mass is 432 g/mol. The van der Waals surface area contributed by atoms with Crippen molar-refractivity contribution in [3.63, 3.8) is 0 Å². The third-order valence-corrected chi connectivity index (χ3v) is 6.82. The standard InChI is InChI=1S/C23H24N6OS/c1-14-7-6-8-18(11-14)28-15(2)12-17(16(28)3)13-19-20(24)29-22(25-21(19)30)31-23(26-29)27-9-4-5-10-27/h6-8,11-13,24H,4-5,9-10H2,1-3H3/b19-13-,24-20?. The molecule has 3 aliphatic rings. The van der Waals surface area contributed by atoms with Gasteiger partial charge < -0.3 is 9.47 Å². The van der Waals surface area contributed by atoms with Crippen molar-refractivity contribution < 1.29 is 4.79 Å².